The number of benzene rings is 2. The van der Waals surface area contributed by atoms with Gasteiger partial charge in [0.1, 0.15) is 5.75 Å². The molecule has 0 aromatic heterocycles. The normalized spacial score (nSPS) is 10.2. The minimum absolute atomic E-state index is 0.0660. The lowest BCUT2D eigenvalue weighted by Gasteiger charge is -2.13. The van der Waals surface area contributed by atoms with E-state index in [1.165, 1.54) is 12.1 Å². The number of hydrogen-bond donors (Lipinski definition) is 2. The second kappa shape index (κ2) is 5.83. The second-order valence-electron chi connectivity index (χ2n) is 5.33. The number of aromatic hydroxyl groups is 1. The third-order valence-electron chi connectivity index (χ3n) is 3.39. The maximum atomic E-state index is 12.8. The van der Waals surface area contributed by atoms with E-state index in [1.807, 2.05) is 39.0 Å². The topological polar surface area (TPSA) is 63.3 Å². The summed E-state index contributed by atoms with van der Waals surface area (Å²) in [7, 11) is 0. The number of phenols is 1. The maximum Gasteiger partial charge on any atom is 0.193 e. The quantitative estimate of drug-likeness (QED) is 0.508. The van der Waals surface area contributed by atoms with Crippen LogP contribution in [0.25, 0.3) is 5.57 Å². The van der Waals surface area contributed by atoms with Gasteiger partial charge in [0.25, 0.3) is 0 Å². The number of carbonyl (C=O) groups is 1. The Kier molecular flexibility index (Phi) is 4.13. The highest BCUT2D eigenvalue weighted by Gasteiger charge is 2.17. The van der Waals surface area contributed by atoms with Crippen LogP contribution in [0.1, 0.15) is 35.3 Å². The van der Waals surface area contributed by atoms with Crippen LogP contribution in [0.15, 0.2) is 48.0 Å². The molecule has 2 rings (SSSR count). The lowest BCUT2D eigenvalue weighted by Crippen LogP contribution is -2.06. The van der Waals surface area contributed by atoms with E-state index in [4.69, 9.17) is 5.73 Å². The molecule has 2 aromatic rings. The lowest BCUT2D eigenvalue weighted by atomic mass is 9.90. The molecule has 0 unspecified atom stereocenters. The number of ketones is 1. The van der Waals surface area contributed by atoms with Crippen molar-refractivity contribution in [3.8, 4) is 5.75 Å². The maximum absolute atomic E-state index is 12.8. The van der Waals surface area contributed by atoms with E-state index in [-0.39, 0.29) is 11.5 Å². The van der Waals surface area contributed by atoms with E-state index >= 15 is 0 Å². The molecule has 0 aliphatic carbocycles. The summed E-state index contributed by atoms with van der Waals surface area (Å²) in [5.74, 6) is 0.0779. The van der Waals surface area contributed by atoms with Crippen LogP contribution in [0.3, 0.4) is 0 Å². The van der Waals surface area contributed by atoms with Gasteiger partial charge in [0.2, 0.25) is 0 Å². The number of anilines is 1. The second-order valence-corrected chi connectivity index (χ2v) is 5.33. The third-order valence-corrected chi connectivity index (χ3v) is 3.39. The summed E-state index contributed by atoms with van der Waals surface area (Å²) >= 11 is 0. The number of nitrogens with two attached hydrogens (primary N) is 1. The highest BCUT2D eigenvalue weighted by atomic mass is 16.3. The van der Waals surface area contributed by atoms with Crippen molar-refractivity contribution in [3.05, 3.63) is 64.7 Å². The fourth-order valence-electron chi connectivity index (χ4n) is 2.28. The monoisotopic (exact) mass is 281 g/mol. The first-order valence-corrected chi connectivity index (χ1v) is 6.78. The van der Waals surface area contributed by atoms with Crippen LogP contribution in [0.4, 0.5) is 5.69 Å². The number of aryl methyl sites for hydroxylation is 1. The molecule has 0 radical (unpaired) electrons. The van der Waals surface area contributed by atoms with Crippen LogP contribution < -0.4 is 5.73 Å². The van der Waals surface area contributed by atoms with Crippen LogP contribution in [0.5, 0.6) is 5.75 Å². The molecule has 0 atom stereocenters. The summed E-state index contributed by atoms with van der Waals surface area (Å²) in [5.41, 5.74) is 10.5. The van der Waals surface area contributed by atoms with Gasteiger partial charge >= 0.3 is 0 Å². The van der Waals surface area contributed by atoms with Crippen LogP contribution >= 0.6 is 0 Å². The number of Topliss-reactive ketones (excluding diaryl/α,β-unsaturated/α-hetero) is 1. The summed E-state index contributed by atoms with van der Waals surface area (Å²) < 4.78 is 0. The van der Waals surface area contributed by atoms with Gasteiger partial charge in [0.05, 0.1) is 0 Å². The molecule has 0 bridgehead atoms. The molecule has 0 aliphatic heterocycles. The Balaban J connectivity index is 2.55. The van der Waals surface area contributed by atoms with E-state index in [0.717, 1.165) is 16.7 Å². The molecule has 3 heteroatoms. The molecule has 0 saturated heterocycles. The van der Waals surface area contributed by atoms with E-state index in [2.05, 4.69) is 0 Å². The molecule has 0 amide bonds. The Morgan fingerprint density at radius 3 is 2.24 bits per heavy atom. The van der Waals surface area contributed by atoms with Gasteiger partial charge in [-0.2, -0.15) is 0 Å². The van der Waals surface area contributed by atoms with Crippen molar-refractivity contribution in [3.63, 3.8) is 0 Å². The number of rotatable bonds is 3. The molecule has 3 N–H and O–H groups in total. The molecular weight excluding hydrogens is 262 g/mol. The Morgan fingerprint density at radius 1 is 1.05 bits per heavy atom. The van der Waals surface area contributed by atoms with Crippen molar-refractivity contribution in [1.29, 1.82) is 0 Å². The average molecular weight is 281 g/mol. The van der Waals surface area contributed by atoms with Gasteiger partial charge < -0.3 is 10.8 Å². The Bertz CT molecular complexity index is 708. The van der Waals surface area contributed by atoms with Gasteiger partial charge in [0.15, 0.2) is 5.78 Å². The SMILES string of the molecule is CC(C)=C(C(=O)c1ccc(O)cc1)c1cc(N)ccc1C. The highest BCUT2D eigenvalue weighted by Crippen LogP contribution is 2.28. The summed E-state index contributed by atoms with van der Waals surface area (Å²) in [4.78, 5) is 12.8. The van der Waals surface area contributed by atoms with Gasteiger partial charge in [-0.15, -0.1) is 0 Å². The van der Waals surface area contributed by atoms with Crippen LogP contribution in [-0.4, -0.2) is 10.9 Å². The molecule has 0 saturated carbocycles. The van der Waals surface area contributed by atoms with Gasteiger partial charge in [-0.1, -0.05) is 11.6 Å². The highest BCUT2D eigenvalue weighted by molar-refractivity contribution is 6.29. The first-order chi connectivity index (χ1) is 9.90. The van der Waals surface area contributed by atoms with Crippen LogP contribution in [-0.2, 0) is 0 Å². The van der Waals surface area contributed by atoms with Gasteiger partial charge in [0, 0.05) is 16.8 Å². The van der Waals surface area contributed by atoms with Crippen molar-refractivity contribution in [1.82, 2.24) is 0 Å². The number of carbonyl (C=O) groups excluding carboxylic acids is 1. The third kappa shape index (κ3) is 3.14. The summed E-state index contributed by atoms with van der Waals surface area (Å²) in [6.45, 7) is 5.79. The zero-order chi connectivity index (χ0) is 15.6. The number of hydrogen-bond acceptors (Lipinski definition) is 3. The summed E-state index contributed by atoms with van der Waals surface area (Å²) in [6.07, 6.45) is 0. The van der Waals surface area contributed by atoms with Crippen molar-refractivity contribution in [2.24, 2.45) is 0 Å². The van der Waals surface area contributed by atoms with Crippen molar-refractivity contribution in [2.45, 2.75) is 20.8 Å². The molecule has 21 heavy (non-hydrogen) atoms. The zero-order valence-corrected chi connectivity index (χ0v) is 12.5. The van der Waals surface area contributed by atoms with E-state index < -0.39 is 0 Å². The first-order valence-electron chi connectivity index (χ1n) is 6.78. The van der Waals surface area contributed by atoms with E-state index in [1.54, 1.807) is 12.1 Å². The molecular formula is C18H19NO2. The Morgan fingerprint density at radius 2 is 1.67 bits per heavy atom. The fourth-order valence-corrected chi connectivity index (χ4v) is 2.28. The van der Waals surface area contributed by atoms with Crippen LogP contribution in [0.2, 0.25) is 0 Å². The summed E-state index contributed by atoms with van der Waals surface area (Å²) in [6, 6.07) is 11.9. The molecule has 2 aromatic carbocycles. The molecule has 0 aliphatic rings. The standard InChI is InChI=1S/C18H19NO2/c1-11(2)17(16-10-14(19)7-4-12(16)3)18(21)13-5-8-15(20)9-6-13/h4-10,20H,19H2,1-3H3. The average Bonchev–Trinajstić information content (AvgIpc) is 2.43. The van der Waals surface area contributed by atoms with Crippen molar-refractivity contribution < 1.29 is 9.90 Å². The Labute approximate surface area is 124 Å². The lowest BCUT2D eigenvalue weighted by molar-refractivity contribution is 0.105. The molecule has 0 heterocycles. The molecule has 108 valence electrons. The first kappa shape index (κ1) is 14.9. The zero-order valence-electron chi connectivity index (χ0n) is 12.5. The predicted octanol–water partition coefficient (Wildman–Crippen LogP) is 3.96. The van der Waals surface area contributed by atoms with Gasteiger partial charge in [-0.3, -0.25) is 4.79 Å². The predicted molar refractivity (Wildman–Crippen MR) is 86.3 cm³/mol. The largest absolute Gasteiger partial charge is 0.508 e. The fraction of sp³-hybridized carbons (Fsp3) is 0.167. The number of phenolic OH excluding ortho intramolecular Hbond substituents is 1. The number of nitrogen functional groups attached to an aromatic ring is 1. The van der Waals surface area contributed by atoms with Crippen LogP contribution in [0, 0.1) is 6.92 Å². The smallest absolute Gasteiger partial charge is 0.193 e. The number of allylic oxidation sites excluding steroid dienone is 2. The van der Waals surface area contributed by atoms with Gasteiger partial charge in [-0.05, 0) is 68.3 Å². The van der Waals surface area contributed by atoms with Crippen molar-refractivity contribution >= 4 is 17.0 Å². The van der Waals surface area contributed by atoms with E-state index in [0.29, 0.717) is 16.8 Å². The molecule has 0 fully saturated rings. The summed E-state index contributed by atoms with van der Waals surface area (Å²) in [5, 5.41) is 9.34. The minimum atomic E-state index is -0.0660. The van der Waals surface area contributed by atoms with E-state index in [9.17, 15) is 9.90 Å². The minimum Gasteiger partial charge on any atom is -0.508 e. The molecule has 0 spiro atoms. The van der Waals surface area contributed by atoms with Gasteiger partial charge in [-0.25, -0.2) is 0 Å². The Hall–Kier alpha value is -2.55. The van der Waals surface area contributed by atoms with Crippen molar-refractivity contribution in [2.75, 3.05) is 5.73 Å². The molecule has 3 nitrogen and oxygen atoms in total.